The molecule has 1 aliphatic heterocycles. The second-order valence-electron chi connectivity index (χ2n) is 8.30. The van der Waals surface area contributed by atoms with Gasteiger partial charge in [-0.3, -0.25) is 10.3 Å². The molecule has 2 aliphatic carbocycles. The lowest BCUT2D eigenvalue weighted by atomic mass is 9.79. The van der Waals surface area contributed by atoms with Crippen LogP contribution in [0.4, 0.5) is 5.69 Å². The first-order valence-electron chi connectivity index (χ1n) is 10.5. The summed E-state index contributed by atoms with van der Waals surface area (Å²) < 4.78 is 1.98. The number of hydrogen-bond acceptors (Lipinski definition) is 5. The molecule has 1 spiro atoms. The Kier molecular flexibility index (Phi) is 4.11. The van der Waals surface area contributed by atoms with E-state index < -0.39 is 0 Å². The fourth-order valence-corrected chi connectivity index (χ4v) is 4.74. The third-order valence-electron chi connectivity index (χ3n) is 6.46. The molecule has 144 valence electrons. The van der Waals surface area contributed by atoms with E-state index in [2.05, 4.69) is 35.8 Å². The largest absolute Gasteiger partial charge is 0.381 e. The van der Waals surface area contributed by atoms with Crippen LogP contribution in [0.5, 0.6) is 0 Å². The van der Waals surface area contributed by atoms with Crippen molar-refractivity contribution in [1.29, 1.82) is 0 Å². The maximum absolute atomic E-state index is 5.96. The minimum atomic E-state index is -0.105. The molecular formula is C21H29N5O. The highest BCUT2D eigenvalue weighted by atomic mass is 16.7. The van der Waals surface area contributed by atoms with Gasteiger partial charge in [0.15, 0.2) is 5.65 Å². The van der Waals surface area contributed by atoms with Gasteiger partial charge >= 0.3 is 0 Å². The van der Waals surface area contributed by atoms with Gasteiger partial charge in [0, 0.05) is 18.2 Å². The highest BCUT2D eigenvalue weighted by molar-refractivity contribution is 5.97. The number of nitrogens with one attached hydrogen (secondary N) is 2. The molecule has 0 unspecified atom stereocenters. The van der Waals surface area contributed by atoms with E-state index in [1.807, 2.05) is 10.9 Å². The van der Waals surface area contributed by atoms with Crippen LogP contribution in [0.2, 0.25) is 0 Å². The molecule has 0 aromatic carbocycles. The Hall–Kier alpha value is -2.08. The second-order valence-corrected chi connectivity index (χ2v) is 8.30. The summed E-state index contributed by atoms with van der Waals surface area (Å²) in [5.41, 5.74) is 8.48. The third-order valence-corrected chi connectivity index (χ3v) is 6.46. The van der Waals surface area contributed by atoms with Gasteiger partial charge in [0.25, 0.3) is 0 Å². The molecule has 2 aromatic rings. The second kappa shape index (κ2) is 6.51. The Morgan fingerprint density at radius 1 is 1.26 bits per heavy atom. The van der Waals surface area contributed by atoms with Crippen molar-refractivity contribution in [3.63, 3.8) is 0 Å². The molecule has 2 saturated carbocycles. The van der Waals surface area contributed by atoms with E-state index in [1.165, 1.54) is 44.2 Å². The molecule has 3 aliphatic rings. The molecule has 0 atom stereocenters. The number of anilines is 1. The molecule has 27 heavy (non-hydrogen) atoms. The Morgan fingerprint density at radius 3 is 2.74 bits per heavy atom. The van der Waals surface area contributed by atoms with Crippen molar-refractivity contribution in [2.75, 3.05) is 5.32 Å². The summed E-state index contributed by atoms with van der Waals surface area (Å²) in [5, 5.41) is 9.57. The van der Waals surface area contributed by atoms with Crippen LogP contribution in [-0.4, -0.2) is 26.4 Å². The topological polar surface area (TPSA) is 64.0 Å². The molecule has 3 heterocycles. The molecule has 2 aromatic heterocycles. The van der Waals surface area contributed by atoms with Crippen molar-refractivity contribution in [3.05, 3.63) is 23.5 Å². The van der Waals surface area contributed by atoms with Gasteiger partial charge in [-0.05, 0) is 52.0 Å². The van der Waals surface area contributed by atoms with Gasteiger partial charge in [-0.1, -0.05) is 19.3 Å². The summed E-state index contributed by atoms with van der Waals surface area (Å²) in [4.78, 5) is 10.9. The van der Waals surface area contributed by atoms with Crippen LogP contribution >= 0.6 is 0 Å². The van der Waals surface area contributed by atoms with Crippen molar-refractivity contribution in [2.24, 2.45) is 0 Å². The standard InChI is InChI=1S/C21H29N5O/c1-3-26-20-16(13-22-26)19(24-15-8-5-4-6-9-15)18(14(2)23-20)17-12-21(27-25-17)10-7-11-21/h12-13,15,25H,3-11H2,1-2H3,(H,23,24). The fourth-order valence-electron chi connectivity index (χ4n) is 4.74. The lowest BCUT2D eigenvalue weighted by Crippen LogP contribution is -2.36. The van der Waals surface area contributed by atoms with Crippen LogP contribution in [0.3, 0.4) is 0 Å². The summed E-state index contributed by atoms with van der Waals surface area (Å²) in [5.74, 6) is 0. The van der Waals surface area contributed by atoms with E-state index in [-0.39, 0.29) is 5.60 Å². The molecule has 6 heteroatoms. The van der Waals surface area contributed by atoms with E-state index in [0.29, 0.717) is 6.04 Å². The number of hydrogen-bond donors (Lipinski definition) is 2. The summed E-state index contributed by atoms with van der Waals surface area (Å²) in [6.45, 7) is 5.04. The van der Waals surface area contributed by atoms with Gasteiger partial charge in [0.2, 0.25) is 0 Å². The first-order valence-corrected chi connectivity index (χ1v) is 10.5. The van der Waals surface area contributed by atoms with Crippen LogP contribution in [-0.2, 0) is 11.4 Å². The van der Waals surface area contributed by atoms with Crippen molar-refractivity contribution in [2.45, 2.75) is 83.4 Å². The SMILES string of the molecule is CCn1ncc2c(NC3CCCCC3)c(C3=CC4(CCC4)ON3)c(C)nc21. The third kappa shape index (κ3) is 2.81. The highest BCUT2D eigenvalue weighted by Gasteiger charge is 2.42. The van der Waals surface area contributed by atoms with E-state index in [9.17, 15) is 0 Å². The predicted molar refractivity (Wildman–Crippen MR) is 107 cm³/mol. The number of rotatable bonds is 4. The minimum Gasteiger partial charge on any atom is -0.381 e. The average Bonchev–Trinajstić information content (AvgIpc) is 3.27. The van der Waals surface area contributed by atoms with E-state index in [4.69, 9.17) is 9.82 Å². The van der Waals surface area contributed by atoms with E-state index in [0.717, 1.165) is 47.4 Å². The Bertz CT molecular complexity index is 890. The quantitative estimate of drug-likeness (QED) is 0.843. The molecule has 0 amide bonds. The van der Waals surface area contributed by atoms with Gasteiger partial charge in [0.1, 0.15) is 5.60 Å². The molecular weight excluding hydrogens is 338 g/mol. The van der Waals surface area contributed by atoms with E-state index in [1.54, 1.807) is 0 Å². The summed E-state index contributed by atoms with van der Waals surface area (Å²) >= 11 is 0. The fraction of sp³-hybridized carbons (Fsp3) is 0.619. The maximum atomic E-state index is 5.96. The van der Waals surface area contributed by atoms with Crippen molar-refractivity contribution in [3.8, 4) is 0 Å². The number of hydroxylamine groups is 1. The molecule has 0 saturated heterocycles. The van der Waals surface area contributed by atoms with Crippen molar-refractivity contribution in [1.82, 2.24) is 20.2 Å². The smallest absolute Gasteiger partial charge is 0.160 e. The van der Waals surface area contributed by atoms with Gasteiger partial charge in [-0.25, -0.2) is 9.67 Å². The summed E-state index contributed by atoms with van der Waals surface area (Å²) in [7, 11) is 0. The lowest BCUT2D eigenvalue weighted by molar-refractivity contribution is -0.0821. The van der Waals surface area contributed by atoms with Crippen LogP contribution in [0.25, 0.3) is 16.7 Å². The Balaban J connectivity index is 1.63. The zero-order chi connectivity index (χ0) is 18.4. The zero-order valence-electron chi connectivity index (χ0n) is 16.3. The molecule has 2 fully saturated rings. The van der Waals surface area contributed by atoms with Gasteiger partial charge in [-0.2, -0.15) is 5.10 Å². The molecule has 0 radical (unpaired) electrons. The first kappa shape index (κ1) is 17.0. The van der Waals surface area contributed by atoms with Gasteiger partial charge in [0.05, 0.1) is 28.7 Å². The Morgan fingerprint density at radius 2 is 2.07 bits per heavy atom. The normalized spacial score (nSPS) is 21.9. The van der Waals surface area contributed by atoms with Crippen molar-refractivity contribution < 1.29 is 4.84 Å². The van der Waals surface area contributed by atoms with Crippen LogP contribution in [0.15, 0.2) is 12.3 Å². The zero-order valence-corrected chi connectivity index (χ0v) is 16.3. The highest BCUT2D eigenvalue weighted by Crippen LogP contribution is 2.44. The number of aryl methyl sites for hydroxylation is 2. The minimum absolute atomic E-state index is 0.105. The molecule has 5 rings (SSSR count). The monoisotopic (exact) mass is 367 g/mol. The van der Waals surface area contributed by atoms with Crippen LogP contribution in [0.1, 0.15) is 69.5 Å². The molecule has 2 N–H and O–H groups in total. The Labute approximate surface area is 160 Å². The number of aromatic nitrogens is 3. The number of fused-ring (bicyclic) bond motifs is 1. The van der Waals surface area contributed by atoms with Gasteiger partial charge in [-0.15, -0.1) is 0 Å². The summed E-state index contributed by atoms with van der Waals surface area (Å²) in [6, 6.07) is 0.521. The van der Waals surface area contributed by atoms with Crippen LogP contribution < -0.4 is 10.8 Å². The molecule has 0 bridgehead atoms. The molecule has 6 nitrogen and oxygen atoms in total. The van der Waals surface area contributed by atoms with E-state index >= 15 is 0 Å². The predicted octanol–water partition coefficient (Wildman–Crippen LogP) is 4.30. The number of nitrogens with zero attached hydrogens (tertiary/aromatic N) is 3. The number of pyridine rings is 1. The van der Waals surface area contributed by atoms with Crippen LogP contribution in [0, 0.1) is 6.92 Å². The summed E-state index contributed by atoms with van der Waals surface area (Å²) in [6.07, 6.45) is 14.1. The lowest BCUT2D eigenvalue weighted by Gasteiger charge is -2.33. The maximum Gasteiger partial charge on any atom is 0.160 e. The average molecular weight is 367 g/mol. The first-order chi connectivity index (χ1) is 13.2. The van der Waals surface area contributed by atoms with Gasteiger partial charge < -0.3 is 5.32 Å². The van der Waals surface area contributed by atoms with Crippen molar-refractivity contribution >= 4 is 22.4 Å².